The highest BCUT2D eigenvalue weighted by atomic mass is 19.4. The fourth-order valence-corrected chi connectivity index (χ4v) is 1.70. The van der Waals surface area contributed by atoms with Gasteiger partial charge < -0.3 is 15.5 Å². The van der Waals surface area contributed by atoms with Gasteiger partial charge in [0, 0.05) is 6.54 Å². The number of nitrogens with one attached hydrogen (secondary N) is 1. The fourth-order valence-electron chi connectivity index (χ4n) is 1.70. The van der Waals surface area contributed by atoms with Crippen molar-refractivity contribution in [1.29, 1.82) is 0 Å². The number of carboxylic acid groups (broad SMARTS) is 1. The lowest BCUT2D eigenvalue weighted by molar-refractivity contribution is -0.405. The van der Waals surface area contributed by atoms with Crippen LogP contribution < -0.4 is 5.32 Å². The van der Waals surface area contributed by atoms with Gasteiger partial charge in [0.1, 0.15) is 12.1 Å². The first-order chi connectivity index (χ1) is 11.0. The first-order valence-corrected chi connectivity index (χ1v) is 6.88. The summed E-state index contributed by atoms with van der Waals surface area (Å²) in [6.07, 6.45) is -10.1. The number of hydrogen-bond acceptors (Lipinski definition) is 3. The summed E-state index contributed by atoms with van der Waals surface area (Å²) in [7, 11) is 0. The first-order valence-electron chi connectivity index (χ1n) is 6.88. The minimum atomic E-state index is -7.11. The van der Waals surface area contributed by atoms with Crippen LogP contribution in [-0.4, -0.2) is 58.8 Å². The average molecular weight is 393 g/mol. The predicted octanol–water partition coefficient (Wildman–Crippen LogP) is 3.05. The van der Waals surface area contributed by atoms with E-state index in [9.17, 15) is 44.3 Å². The van der Waals surface area contributed by atoms with Crippen molar-refractivity contribution in [1.82, 2.24) is 5.32 Å². The van der Waals surface area contributed by atoms with Gasteiger partial charge in [-0.15, -0.1) is 0 Å². The molecule has 0 fully saturated rings. The summed E-state index contributed by atoms with van der Waals surface area (Å²) >= 11 is 0. The Labute approximate surface area is 136 Å². The van der Waals surface area contributed by atoms with Crippen LogP contribution in [0.3, 0.4) is 0 Å². The Kier molecular flexibility index (Phi) is 7.58. The number of unbranched alkanes of at least 4 members (excludes halogenated alkanes) is 1. The smallest absolute Gasteiger partial charge is 0.460 e. The molecule has 0 bridgehead atoms. The lowest BCUT2D eigenvalue weighted by atomic mass is 9.98. The molecule has 0 aromatic heterocycles. The van der Waals surface area contributed by atoms with Crippen LogP contribution in [-0.2, 0) is 4.79 Å². The van der Waals surface area contributed by atoms with Gasteiger partial charge >= 0.3 is 29.9 Å². The number of aliphatic hydroxyl groups excluding tert-OH is 1. The van der Waals surface area contributed by atoms with Gasteiger partial charge in [-0.05, 0) is 6.42 Å². The van der Waals surface area contributed by atoms with Crippen LogP contribution in [0.2, 0.25) is 0 Å². The largest absolute Gasteiger partial charge is 0.480 e. The summed E-state index contributed by atoms with van der Waals surface area (Å²) in [5.74, 6) is -21.9. The van der Waals surface area contributed by atoms with Gasteiger partial charge in [-0.2, -0.15) is 39.5 Å². The molecule has 2 atom stereocenters. The van der Waals surface area contributed by atoms with Gasteiger partial charge in [0.25, 0.3) is 0 Å². The number of carbonyl (C=O) groups is 1. The summed E-state index contributed by atoms with van der Waals surface area (Å²) in [5.41, 5.74) is 0. The van der Waals surface area contributed by atoms with E-state index >= 15 is 0 Å². The summed E-state index contributed by atoms with van der Waals surface area (Å²) in [4.78, 5) is 10.8. The van der Waals surface area contributed by atoms with E-state index in [0.717, 1.165) is 0 Å². The molecule has 0 aliphatic carbocycles. The topological polar surface area (TPSA) is 69.6 Å². The van der Waals surface area contributed by atoms with Crippen molar-refractivity contribution in [3.8, 4) is 0 Å². The van der Waals surface area contributed by atoms with Crippen LogP contribution >= 0.6 is 0 Å². The van der Waals surface area contributed by atoms with Crippen LogP contribution in [0.1, 0.15) is 26.2 Å². The Hall–Kier alpha value is -1.24. The van der Waals surface area contributed by atoms with E-state index in [1.807, 2.05) is 0 Å². The monoisotopic (exact) mass is 393 g/mol. The first kappa shape index (κ1) is 23.8. The highest BCUT2D eigenvalue weighted by Crippen LogP contribution is 2.53. The van der Waals surface area contributed by atoms with E-state index in [2.05, 4.69) is 0 Å². The molecule has 0 unspecified atom stereocenters. The number of alkyl halides is 9. The van der Waals surface area contributed by atoms with Gasteiger partial charge in [0.05, 0.1) is 0 Å². The van der Waals surface area contributed by atoms with Crippen LogP contribution in [0.15, 0.2) is 0 Å². The standard InChI is InChI=1S/C12H16F9NO3/c1-2-3-4-6(8(24)25)22-5-7(23)9(13,14)10(15,16)11(17,18)12(19,20)21/h6-7,22-23H,2-5H2,1H3,(H,24,25)/t6-,7-/m0/s1. The molecular weight excluding hydrogens is 377 g/mol. The highest BCUT2D eigenvalue weighted by molar-refractivity contribution is 5.73. The molecule has 0 heterocycles. The summed E-state index contributed by atoms with van der Waals surface area (Å²) in [6, 6.07) is -1.58. The number of halogens is 9. The second-order valence-corrected chi connectivity index (χ2v) is 5.23. The molecule has 4 nitrogen and oxygen atoms in total. The SMILES string of the molecule is CCCC[C@H](NC[C@H](O)C(F)(F)C(F)(F)C(F)(F)C(F)(F)F)C(=O)O. The third kappa shape index (κ3) is 4.90. The number of aliphatic carboxylic acids is 1. The Morgan fingerprint density at radius 3 is 1.84 bits per heavy atom. The molecule has 0 amide bonds. The third-order valence-corrected chi connectivity index (χ3v) is 3.29. The Morgan fingerprint density at radius 2 is 1.48 bits per heavy atom. The quantitative estimate of drug-likeness (QED) is 0.499. The fraction of sp³-hybridized carbons (Fsp3) is 0.917. The van der Waals surface area contributed by atoms with Crippen molar-refractivity contribution in [2.24, 2.45) is 0 Å². The molecule has 0 saturated carbocycles. The van der Waals surface area contributed by atoms with Crippen molar-refractivity contribution in [2.45, 2.75) is 62.3 Å². The Bertz CT molecular complexity index is 454. The van der Waals surface area contributed by atoms with Crippen molar-refractivity contribution in [2.75, 3.05) is 6.54 Å². The lowest BCUT2D eigenvalue weighted by Crippen LogP contribution is -2.65. The molecule has 25 heavy (non-hydrogen) atoms. The molecule has 0 aliphatic rings. The number of rotatable bonds is 10. The van der Waals surface area contributed by atoms with Gasteiger partial charge in [-0.3, -0.25) is 4.79 Å². The molecule has 0 aliphatic heterocycles. The number of carboxylic acids is 1. The number of hydrogen-bond donors (Lipinski definition) is 3. The van der Waals surface area contributed by atoms with Gasteiger partial charge in [-0.1, -0.05) is 19.8 Å². The Balaban J connectivity index is 5.27. The molecular formula is C12H16F9NO3. The summed E-state index contributed by atoms with van der Waals surface area (Å²) in [6.45, 7) is -0.00110. The van der Waals surface area contributed by atoms with E-state index in [1.54, 1.807) is 12.2 Å². The van der Waals surface area contributed by atoms with Crippen molar-refractivity contribution >= 4 is 5.97 Å². The minimum Gasteiger partial charge on any atom is -0.480 e. The Morgan fingerprint density at radius 1 is 1.00 bits per heavy atom. The summed E-state index contributed by atoms with van der Waals surface area (Å²) < 4.78 is 114. The van der Waals surface area contributed by atoms with Crippen LogP contribution in [0.5, 0.6) is 0 Å². The zero-order valence-electron chi connectivity index (χ0n) is 12.7. The van der Waals surface area contributed by atoms with Crippen LogP contribution in [0, 0.1) is 0 Å². The maximum atomic E-state index is 13.4. The van der Waals surface area contributed by atoms with E-state index in [-0.39, 0.29) is 12.8 Å². The molecule has 0 aromatic carbocycles. The average Bonchev–Trinajstić information content (AvgIpc) is 2.44. The van der Waals surface area contributed by atoms with E-state index in [0.29, 0.717) is 6.42 Å². The molecule has 3 N–H and O–H groups in total. The normalized spacial score (nSPS) is 16.6. The zero-order valence-corrected chi connectivity index (χ0v) is 12.7. The third-order valence-electron chi connectivity index (χ3n) is 3.29. The summed E-state index contributed by atoms with van der Waals surface area (Å²) in [5, 5.41) is 19.5. The molecule has 150 valence electrons. The zero-order chi connectivity index (χ0) is 20.3. The molecule has 0 aromatic rings. The molecule has 0 rings (SSSR count). The van der Waals surface area contributed by atoms with Crippen molar-refractivity contribution in [3.63, 3.8) is 0 Å². The van der Waals surface area contributed by atoms with Crippen LogP contribution in [0.4, 0.5) is 39.5 Å². The van der Waals surface area contributed by atoms with Gasteiger partial charge in [-0.25, -0.2) is 0 Å². The van der Waals surface area contributed by atoms with E-state index < -0.39 is 48.6 Å². The van der Waals surface area contributed by atoms with E-state index in [4.69, 9.17) is 10.2 Å². The van der Waals surface area contributed by atoms with Gasteiger partial charge in [0.2, 0.25) is 0 Å². The second-order valence-electron chi connectivity index (χ2n) is 5.23. The maximum Gasteiger partial charge on any atom is 0.460 e. The van der Waals surface area contributed by atoms with Gasteiger partial charge in [0.15, 0.2) is 0 Å². The predicted molar refractivity (Wildman–Crippen MR) is 65.9 cm³/mol. The van der Waals surface area contributed by atoms with E-state index in [1.165, 1.54) is 0 Å². The van der Waals surface area contributed by atoms with Crippen molar-refractivity contribution < 1.29 is 54.5 Å². The maximum absolute atomic E-state index is 13.4. The molecule has 0 saturated heterocycles. The van der Waals surface area contributed by atoms with Crippen molar-refractivity contribution in [3.05, 3.63) is 0 Å². The molecule has 0 radical (unpaired) electrons. The van der Waals surface area contributed by atoms with Crippen LogP contribution in [0.25, 0.3) is 0 Å². The molecule has 0 spiro atoms. The minimum absolute atomic E-state index is 0.167. The molecule has 13 heteroatoms. The second kappa shape index (κ2) is 7.98. The lowest BCUT2D eigenvalue weighted by Gasteiger charge is -2.36. The highest BCUT2D eigenvalue weighted by Gasteiger charge is 2.83. The number of aliphatic hydroxyl groups is 1.